The molecule has 0 aromatic heterocycles. The van der Waals surface area contributed by atoms with Gasteiger partial charge in [-0.15, -0.1) is 0 Å². The lowest BCUT2D eigenvalue weighted by Gasteiger charge is -2.12. The molecule has 7 nitrogen and oxygen atoms in total. The number of ether oxygens (including phenoxy) is 2. The molecule has 3 N–H and O–H groups in total. The molecule has 7 heteroatoms. The van der Waals surface area contributed by atoms with Gasteiger partial charge in [0.05, 0.1) is 13.5 Å². The third kappa shape index (κ3) is 5.82. The summed E-state index contributed by atoms with van der Waals surface area (Å²) in [5, 5.41) is 11.3. The van der Waals surface area contributed by atoms with E-state index in [1.165, 1.54) is 12.6 Å². The molecule has 0 fully saturated rings. The number of hydrogen-bond acceptors (Lipinski definition) is 5. The molecule has 2 aromatic carbocycles. The molecular weight excluding hydrogens is 324 g/mol. The second kappa shape index (κ2) is 9.29. The van der Waals surface area contributed by atoms with Gasteiger partial charge in [-0.05, 0) is 23.3 Å². The molecule has 0 spiro atoms. The number of nitrogens with one attached hydrogen (secondary N) is 2. The van der Waals surface area contributed by atoms with E-state index in [9.17, 15) is 9.59 Å². The molecule has 0 atom stereocenters. The third-order valence-electron chi connectivity index (χ3n) is 3.41. The van der Waals surface area contributed by atoms with Gasteiger partial charge in [-0.1, -0.05) is 36.4 Å². The minimum absolute atomic E-state index is 0.0786. The molecule has 0 aliphatic rings. The molecule has 2 amide bonds. The molecule has 0 radical (unpaired) electrons. The number of carbonyl (C=O) groups excluding carboxylic acids is 2. The minimum atomic E-state index is -0.667. The number of hydrogen-bond donors (Lipinski definition) is 3. The van der Waals surface area contributed by atoms with Crippen LogP contribution in [0.1, 0.15) is 11.1 Å². The Labute approximate surface area is 145 Å². The zero-order valence-electron chi connectivity index (χ0n) is 13.8. The van der Waals surface area contributed by atoms with Crippen LogP contribution in [0.4, 0.5) is 0 Å². The summed E-state index contributed by atoms with van der Waals surface area (Å²) in [6.07, 6.45) is 0.315. The van der Waals surface area contributed by atoms with Crippen LogP contribution in [-0.4, -0.2) is 30.7 Å². The zero-order chi connectivity index (χ0) is 18.1. The van der Waals surface area contributed by atoms with Crippen molar-refractivity contribution in [2.45, 2.75) is 13.0 Å². The summed E-state index contributed by atoms with van der Waals surface area (Å²) in [5.74, 6) is 0.0513. The molecular formula is C18H20N2O5. The highest BCUT2D eigenvalue weighted by atomic mass is 16.5. The lowest BCUT2D eigenvalue weighted by Crippen LogP contribution is -2.25. The molecule has 0 aliphatic heterocycles. The second-order valence-corrected chi connectivity index (χ2v) is 5.25. The molecule has 0 aliphatic carbocycles. The molecule has 0 heterocycles. The predicted octanol–water partition coefficient (Wildman–Crippen LogP) is 1.44. The van der Waals surface area contributed by atoms with Gasteiger partial charge in [-0.2, -0.15) is 0 Å². The van der Waals surface area contributed by atoms with Gasteiger partial charge in [-0.25, -0.2) is 5.48 Å². The Kier molecular flexibility index (Phi) is 6.79. The van der Waals surface area contributed by atoms with Crippen LogP contribution in [0.3, 0.4) is 0 Å². The van der Waals surface area contributed by atoms with E-state index < -0.39 is 5.91 Å². The first-order chi connectivity index (χ1) is 12.1. The summed E-state index contributed by atoms with van der Waals surface area (Å²) in [6, 6.07) is 14.6. The van der Waals surface area contributed by atoms with Crippen molar-refractivity contribution >= 4 is 11.8 Å². The Morgan fingerprint density at radius 1 is 1.00 bits per heavy atom. The van der Waals surface area contributed by atoms with Gasteiger partial charge < -0.3 is 14.8 Å². The van der Waals surface area contributed by atoms with Crippen LogP contribution in [0.15, 0.2) is 48.5 Å². The van der Waals surface area contributed by atoms with Crippen molar-refractivity contribution in [1.82, 2.24) is 10.8 Å². The van der Waals surface area contributed by atoms with E-state index in [4.69, 9.17) is 14.7 Å². The topological polar surface area (TPSA) is 96.9 Å². The van der Waals surface area contributed by atoms with E-state index in [1.807, 2.05) is 30.3 Å². The maximum atomic E-state index is 12.0. The SMILES string of the molecule is COc1cc(CNC(=O)Cc2ccccc2)ccc1OCC(=O)NO. The lowest BCUT2D eigenvalue weighted by atomic mass is 10.1. The molecule has 2 aromatic rings. The number of hydroxylamine groups is 1. The first-order valence-corrected chi connectivity index (χ1v) is 7.65. The Morgan fingerprint density at radius 2 is 1.76 bits per heavy atom. The molecule has 0 saturated carbocycles. The highest BCUT2D eigenvalue weighted by Crippen LogP contribution is 2.28. The first kappa shape index (κ1) is 18.3. The summed E-state index contributed by atoms with van der Waals surface area (Å²) in [4.78, 5) is 23.0. The monoisotopic (exact) mass is 344 g/mol. The van der Waals surface area contributed by atoms with Crippen LogP contribution in [0.25, 0.3) is 0 Å². The minimum Gasteiger partial charge on any atom is -0.493 e. The average Bonchev–Trinajstić information content (AvgIpc) is 2.65. The summed E-state index contributed by atoms with van der Waals surface area (Å²) in [7, 11) is 1.48. The molecule has 0 bridgehead atoms. The van der Waals surface area contributed by atoms with Crippen molar-refractivity contribution in [3.8, 4) is 11.5 Å². The van der Waals surface area contributed by atoms with E-state index in [1.54, 1.807) is 18.2 Å². The maximum Gasteiger partial charge on any atom is 0.281 e. The van der Waals surface area contributed by atoms with Crippen LogP contribution in [0.2, 0.25) is 0 Å². The van der Waals surface area contributed by atoms with Crippen LogP contribution < -0.4 is 20.3 Å². The van der Waals surface area contributed by atoms with Crippen molar-refractivity contribution in [3.63, 3.8) is 0 Å². The van der Waals surface area contributed by atoms with Gasteiger partial charge >= 0.3 is 0 Å². The molecule has 25 heavy (non-hydrogen) atoms. The molecule has 2 rings (SSSR count). The van der Waals surface area contributed by atoms with Crippen LogP contribution in [0.5, 0.6) is 11.5 Å². The van der Waals surface area contributed by atoms with Gasteiger partial charge in [0.2, 0.25) is 5.91 Å². The highest BCUT2D eigenvalue weighted by molar-refractivity contribution is 5.78. The van der Waals surface area contributed by atoms with Crippen molar-refractivity contribution in [1.29, 1.82) is 0 Å². The van der Waals surface area contributed by atoms with E-state index >= 15 is 0 Å². The summed E-state index contributed by atoms with van der Waals surface area (Å²) < 4.78 is 10.5. The van der Waals surface area contributed by atoms with Crippen molar-refractivity contribution < 1.29 is 24.3 Å². The van der Waals surface area contributed by atoms with Crippen LogP contribution in [0, 0.1) is 0 Å². The average molecular weight is 344 g/mol. The van der Waals surface area contributed by atoms with Crippen LogP contribution in [-0.2, 0) is 22.6 Å². The maximum absolute atomic E-state index is 12.0. The van der Waals surface area contributed by atoms with Gasteiger partial charge in [0.15, 0.2) is 18.1 Å². The lowest BCUT2D eigenvalue weighted by molar-refractivity contribution is -0.131. The highest BCUT2D eigenvalue weighted by Gasteiger charge is 2.09. The normalized spacial score (nSPS) is 10.0. The van der Waals surface area contributed by atoms with E-state index in [0.717, 1.165) is 11.1 Å². The molecule has 0 unspecified atom stereocenters. The van der Waals surface area contributed by atoms with E-state index in [-0.39, 0.29) is 12.5 Å². The van der Waals surface area contributed by atoms with Gasteiger partial charge in [0.25, 0.3) is 5.91 Å². The summed E-state index contributed by atoms with van der Waals surface area (Å²) in [6.45, 7) is 0.0133. The number of rotatable bonds is 8. The first-order valence-electron chi connectivity index (χ1n) is 7.65. The standard InChI is InChI=1S/C18H20N2O5/c1-24-16-9-14(7-8-15(16)25-12-18(22)20-23)11-19-17(21)10-13-5-3-2-4-6-13/h2-9,23H,10-12H2,1H3,(H,19,21)(H,20,22). The fraction of sp³-hybridized carbons (Fsp3) is 0.222. The Bertz CT molecular complexity index is 719. The Balaban J connectivity index is 1.91. The van der Waals surface area contributed by atoms with Gasteiger partial charge in [-0.3, -0.25) is 14.8 Å². The largest absolute Gasteiger partial charge is 0.493 e. The van der Waals surface area contributed by atoms with Crippen LogP contribution >= 0.6 is 0 Å². The quantitative estimate of drug-likeness (QED) is 0.497. The number of carbonyl (C=O) groups is 2. The summed E-state index contributed by atoms with van der Waals surface area (Å²) >= 11 is 0. The third-order valence-corrected chi connectivity index (χ3v) is 3.41. The zero-order valence-corrected chi connectivity index (χ0v) is 13.8. The predicted molar refractivity (Wildman–Crippen MR) is 90.4 cm³/mol. The molecule has 132 valence electrons. The number of amides is 2. The van der Waals surface area contributed by atoms with Crippen molar-refractivity contribution in [2.24, 2.45) is 0 Å². The number of methoxy groups -OCH3 is 1. The van der Waals surface area contributed by atoms with Gasteiger partial charge in [0, 0.05) is 6.54 Å². The second-order valence-electron chi connectivity index (χ2n) is 5.25. The fourth-order valence-corrected chi connectivity index (χ4v) is 2.16. The van der Waals surface area contributed by atoms with Gasteiger partial charge in [0.1, 0.15) is 0 Å². The fourth-order valence-electron chi connectivity index (χ4n) is 2.16. The van der Waals surface area contributed by atoms with E-state index in [0.29, 0.717) is 24.5 Å². The Morgan fingerprint density at radius 3 is 2.44 bits per heavy atom. The molecule has 0 saturated heterocycles. The van der Waals surface area contributed by atoms with Crippen molar-refractivity contribution in [3.05, 3.63) is 59.7 Å². The number of benzene rings is 2. The summed E-state index contributed by atoms with van der Waals surface area (Å²) in [5.41, 5.74) is 3.26. The van der Waals surface area contributed by atoms with E-state index in [2.05, 4.69) is 5.32 Å². The smallest absolute Gasteiger partial charge is 0.281 e. The Hall–Kier alpha value is -3.06. The van der Waals surface area contributed by atoms with Crippen molar-refractivity contribution in [2.75, 3.05) is 13.7 Å².